The molecule has 0 fully saturated rings. The molecule has 1 atom stereocenters. The van der Waals surface area contributed by atoms with Gasteiger partial charge in [-0.2, -0.15) is 4.80 Å². The van der Waals surface area contributed by atoms with Crippen molar-refractivity contribution in [2.75, 3.05) is 6.54 Å². The maximum atomic E-state index is 12.1. The Bertz CT molecular complexity index is 596. The van der Waals surface area contributed by atoms with E-state index in [9.17, 15) is 4.79 Å². The average Bonchev–Trinajstić information content (AvgIpc) is 2.96. The fraction of sp³-hybridized carbons (Fsp3) is 0.429. The number of aromatic nitrogens is 4. The van der Waals surface area contributed by atoms with Crippen molar-refractivity contribution >= 4 is 17.5 Å². The van der Waals surface area contributed by atoms with Crippen molar-refractivity contribution in [3.8, 4) is 11.4 Å². The number of rotatable bonds is 6. The summed E-state index contributed by atoms with van der Waals surface area (Å²) in [5, 5.41) is 15.8. The first-order chi connectivity index (χ1) is 10.2. The molecule has 0 aliphatic heterocycles. The van der Waals surface area contributed by atoms with Crippen molar-refractivity contribution in [3.63, 3.8) is 0 Å². The molecule has 1 N–H and O–H groups in total. The van der Waals surface area contributed by atoms with Crippen LogP contribution in [0.5, 0.6) is 0 Å². The van der Waals surface area contributed by atoms with E-state index in [1.807, 2.05) is 26.0 Å². The molecule has 0 spiro atoms. The molecule has 0 bridgehead atoms. The normalized spacial score (nSPS) is 12.1. The topological polar surface area (TPSA) is 72.7 Å². The van der Waals surface area contributed by atoms with Gasteiger partial charge in [0.2, 0.25) is 11.7 Å². The number of amides is 1. The van der Waals surface area contributed by atoms with Gasteiger partial charge in [-0.3, -0.25) is 4.79 Å². The van der Waals surface area contributed by atoms with E-state index < -0.39 is 6.04 Å². The van der Waals surface area contributed by atoms with Crippen LogP contribution in [0.3, 0.4) is 0 Å². The summed E-state index contributed by atoms with van der Waals surface area (Å²) in [7, 11) is 0. The highest BCUT2D eigenvalue weighted by atomic mass is 35.5. The number of nitrogens with zero attached hydrogens (tertiary/aromatic N) is 4. The Morgan fingerprint density at radius 1 is 1.33 bits per heavy atom. The predicted molar refractivity (Wildman–Crippen MR) is 80.9 cm³/mol. The molecular formula is C14H18ClN5O. The molecule has 0 aliphatic carbocycles. The monoisotopic (exact) mass is 307 g/mol. The maximum absolute atomic E-state index is 12.1. The zero-order valence-electron chi connectivity index (χ0n) is 12.1. The second-order valence-corrected chi connectivity index (χ2v) is 5.09. The zero-order valence-corrected chi connectivity index (χ0v) is 12.8. The van der Waals surface area contributed by atoms with Gasteiger partial charge in [-0.1, -0.05) is 25.4 Å². The van der Waals surface area contributed by atoms with Crippen LogP contribution in [0.2, 0.25) is 5.02 Å². The lowest BCUT2D eigenvalue weighted by atomic mass is 10.2. The predicted octanol–water partition coefficient (Wildman–Crippen LogP) is 2.47. The fourth-order valence-corrected chi connectivity index (χ4v) is 2.02. The lowest BCUT2D eigenvalue weighted by Crippen LogP contribution is -2.33. The number of carbonyl (C=O) groups excluding carboxylic acids is 1. The molecule has 2 aromatic rings. The van der Waals surface area contributed by atoms with Crippen LogP contribution in [0.15, 0.2) is 24.3 Å². The first-order valence-electron chi connectivity index (χ1n) is 6.98. The Hall–Kier alpha value is -1.95. The van der Waals surface area contributed by atoms with E-state index in [2.05, 4.69) is 20.7 Å². The summed E-state index contributed by atoms with van der Waals surface area (Å²) >= 11 is 5.85. The molecule has 1 heterocycles. The summed E-state index contributed by atoms with van der Waals surface area (Å²) in [5.41, 5.74) is 0.814. The molecule has 21 heavy (non-hydrogen) atoms. The molecule has 0 saturated carbocycles. The molecule has 7 heteroatoms. The minimum atomic E-state index is -0.440. The third-order valence-electron chi connectivity index (χ3n) is 3.05. The van der Waals surface area contributed by atoms with Crippen molar-refractivity contribution in [1.82, 2.24) is 25.5 Å². The number of tetrazole rings is 1. The van der Waals surface area contributed by atoms with Gasteiger partial charge < -0.3 is 5.32 Å². The van der Waals surface area contributed by atoms with E-state index in [4.69, 9.17) is 11.6 Å². The maximum Gasteiger partial charge on any atom is 0.246 e. The van der Waals surface area contributed by atoms with E-state index in [0.29, 0.717) is 23.8 Å². The molecule has 6 nitrogen and oxygen atoms in total. The van der Waals surface area contributed by atoms with Crippen LogP contribution >= 0.6 is 11.6 Å². The highest BCUT2D eigenvalue weighted by Gasteiger charge is 2.21. The molecule has 1 aromatic heterocycles. The first kappa shape index (κ1) is 15.4. The van der Waals surface area contributed by atoms with Gasteiger partial charge in [0, 0.05) is 17.1 Å². The molecular weight excluding hydrogens is 290 g/mol. The van der Waals surface area contributed by atoms with Gasteiger partial charge in [-0.25, -0.2) is 0 Å². The van der Waals surface area contributed by atoms with Gasteiger partial charge in [0.25, 0.3) is 0 Å². The molecule has 1 amide bonds. The molecule has 0 saturated heterocycles. The van der Waals surface area contributed by atoms with Gasteiger partial charge >= 0.3 is 0 Å². The van der Waals surface area contributed by atoms with Gasteiger partial charge in [-0.15, -0.1) is 10.2 Å². The van der Waals surface area contributed by atoms with E-state index in [1.54, 1.807) is 12.1 Å². The van der Waals surface area contributed by atoms with Gasteiger partial charge in [0.15, 0.2) is 6.04 Å². The smallest absolute Gasteiger partial charge is 0.246 e. The minimum absolute atomic E-state index is 0.0839. The third-order valence-corrected chi connectivity index (χ3v) is 3.30. The molecule has 112 valence electrons. The molecule has 1 aromatic carbocycles. The third kappa shape index (κ3) is 3.78. The van der Waals surface area contributed by atoms with Gasteiger partial charge in [0.05, 0.1) is 0 Å². The van der Waals surface area contributed by atoms with Gasteiger partial charge in [0.1, 0.15) is 0 Å². The zero-order chi connectivity index (χ0) is 15.2. The Kier molecular flexibility index (Phi) is 5.27. The lowest BCUT2D eigenvalue weighted by Gasteiger charge is -2.12. The largest absolute Gasteiger partial charge is 0.354 e. The number of benzene rings is 1. The number of nitrogens with one attached hydrogen (secondary N) is 1. The lowest BCUT2D eigenvalue weighted by molar-refractivity contribution is -0.125. The average molecular weight is 308 g/mol. The fourth-order valence-electron chi connectivity index (χ4n) is 1.89. The summed E-state index contributed by atoms with van der Waals surface area (Å²) in [4.78, 5) is 13.4. The Labute approximate surface area is 128 Å². The van der Waals surface area contributed by atoms with E-state index in [1.165, 1.54) is 4.80 Å². The van der Waals surface area contributed by atoms with Crippen LogP contribution in [-0.2, 0) is 4.79 Å². The van der Waals surface area contributed by atoms with Crippen LogP contribution in [0.4, 0.5) is 0 Å². The number of hydrogen-bond donors (Lipinski definition) is 1. The molecule has 1 unspecified atom stereocenters. The summed E-state index contributed by atoms with van der Waals surface area (Å²) in [6, 6.07) is 6.74. The van der Waals surface area contributed by atoms with Crippen molar-refractivity contribution in [2.24, 2.45) is 0 Å². The molecule has 2 rings (SSSR count). The summed E-state index contributed by atoms with van der Waals surface area (Å²) in [5.74, 6) is 0.396. The quantitative estimate of drug-likeness (QED) is 0.890. The van der Waals surface area contributed by atoms with E-state index in [-0.39, 0.29) is 5.91 Å². The van der Waals surface area contributed by atoms with Crippen molar-refractivity contribution in [1.29, 1.82) is 0 Å². The summed E-state index contributed by atoms with van der Waals surface area (Å²) in [6.45, 7) is 4.57. The minimum Gasteiger partial charge on any atom is -0.354 e. The highest BCUT2D eigenvalue weighted by Crippen LogP contribution is 2.18. The number of halogens is 1. The van der Waals surface area contributed by atoms with E-state index >= 15 is 0 Å². The van der Waals surface area contributed by atoms with Crippen LogP contribution < -0.4 is 5.32 Å². The van der Waals surface area contributed by atoms with Crippen LogP contribution in [0, 0.1) is 0 Å². The van der Waals surface area contributed by atoms with Crippen LogP contribution in [0.1, 0.15) is 32.7 Å². The Morgan fingerprint density at radius 2 is 2.05 bits per heavy atom. The van der Waals surface area contributed by atoms with Crippen molar-refractivity contribution in [3.05, 3.63) is 29.3 Å². The number of carbonyl (C=O) groups is 1. The van der Waals surface area contributed by atoms with E-state index in [0.717, 1.165) is 12.0 Å². The Morgan fingerprint density at radius 3 is 2.67 bits per heavy atom. The second-order valence-electron chi connectivity index (χ2n) is 4.66. The summed E-state index contributed by atoms with van der Waals surface area (Å²) < 4.78 is 0. The van der Waals surface area contributed by atoms with Crippen LogP contribution in [-0.4, -0.2) is 32.7 Å². The van der Waals surface area contributed by atoms with Crippen molar-refractivity contribution < 1.29 is 4.79 Å². The standard InChI is InChI=1S/C14H18ClN5O/c1-3-9-16-14(21)12(4-2)20-18-13(17-19-20)10-5-7-11(15)8-6-10/h5-8,12H,3-4,9H2,1-2H3,(H,16,21). The molecule has 0 aliphatic rings. The Balaban J connectivity index is 2.17. The second kappa shape index (κ2) is 7.17. The summed E-state index contributed by atoms with van der Waals surface area (Å²) in [6.07, 6.45) is 1.49. The highest BCUT2D eigenvalue weighted by molar-refractivity contribution is 6.30. The molecule has 0 radical (unpaired) electrons. The van der Waals surface area contributed by atoms with Crippen molar-refractivity contribution in [2.45, 2.75) is 32.7 Å². The van der Waals surface area contributed by atoms with Gasteiger partial charge in [-0.05, 0) is 42.3 Å². The first-order valence-corrected chi connectivity index (χ1v) is 7.36. The van der Waals surface area contributed by atoms with Crippen LogP contribution in [0.25, 0.3) is 11.4 Å². The number of hydrogen-bond acceptors (Lipinski definition) is 4. The SMILES string of the molecule is CCCNC(=O)C(CC)n1nnc(-c2ccc(Cl)cc2)n1.